The highest BCUT2D eigenvalue weighted by Gasteiger charge is 2.22. The molecule has 0 fully saturated rings. The van der Waals surface area contributed by atoms with Gasteiger partial charge in [0, 0.05) is 47.6 Å². The van der Waals surface area contributed by atoms with Gasteiger partial charge >= 0.3 is 0 Å². The molecule has 0 aliphatic carbocycles. The second-order valence-electron chi connectivity index (χ2n) is 11.5. The lowest BCUT2D eigenvalue weighted by Crippen LogP contribution is -2.06. The van der Waals surface area contributed by atoms with Gasteiger partial charge in [0.15, 0.2) is 17.2 Å². The number of hydrogen-bond acceptors (Lipinski definition) is 6. The first-order chi connectivity index (χ1) is 23.3. The van der Waals surface area contributed by atoms with Gasteiger partial charge in [-0.05, 0) is 42.5 Å². The van der Waals surface area contributed by atoms with Gasteiger partial charge in [-0.3, -0.25) is 4.57 Å². The predicted molar refractivity (Wildman–Crippen MR) is 191 cm³/mol. The summed E-state index contributed by atoms with van der Waals surface area (Å²) in [6.07, 6.45) is 0. The summed E-state index contributed by atoms with van der Waals surface area (Å²) in [7, 11) is 0. The quantitative estimate of drug-likeness (QED) is 0.196. The van der Waals surface area contributed by atoms with Crippen molar-refractivity contribution >= 4 is 64.4 Å². The van der Waals surface area contributed by atoms with Crippen LogP contribution in [0.5, 0.6) is 0 Å². The summed E-state index contributed by atoms with van der Waals surface area (Å²) in [5, 5.41) is 4.46. The molecule has 7 heteroatoms. The molecule has 10 aromatic rings. The highest BCUT2D eigenvalue weighted by Crippen LogP contribution is 2.44. The van der Waals surface area contributed by atoms with Crippen LogP contribution in [0, 0.1) is 0 Å². The van der Waals surface area contributed by atoms with Crippen molar-refractivity contribution < 1.29 is 4.42 Å². The van der Waals surface area contributed by atoms with Gasteiger partial charge in [-0.1, -0.05) is 97.1 Å². The number of hydrogen-bond donors (Lipinski definition) is 0. The first-order valence-electron chi connectivity index (χ1n) is 15.4. The topological polar surface area (TPSA) is 69.6 Å². The van der Waals surface area contributed by atoms with Crippen LogP contribution in [-0.4, -0.2) is 24.5 Å². The van der Waals surface area contributed by atoms with Crippen molar-refractivity contribution in [2.75, 3.05) is 0 Å². The Morgan fingerprint density at radius 1 is 0.489 bits per heavy atom. The number of para-hydroxylation sites is 4. The number of aromatic nitrogens is 5. The Bertz CT molecular complexity index is 2730. The van der Waals surface area contributed by atoms with Crippen molar-refractivity contribution in [3.8, 4) is 40.2 Å². The van der Waals surface area contributed by atoms with Crippen molar-refractivity contribution in [1.29, 1.82) is 0 Å². The number of thiophene rings is 1. The van der Waals surface area contributed by atoms with Crippen LogP contribution in [0.15, 0.2) is 144 Å². The fourth-order valence-corrected chi connectivity index (χ4v) is 7.82. The minimum Gasteiger partial charge on any atom is -0.436 e. The summed E-state index contributed by atoms with van der Waals surface area (Å²) in [5.41, 5.74) is 6.48. The molecule has 0 atom stereocenters. The number of rotatable bonds is 4. The van der Waals surface area contributed by atoms with Gasteiger partial charge in [-0.2, -0.15) is 9.97 Å². The van der Waals surface area contributed by atoms with Crippen molar-refractivity contribution in [2.45, 2.75) is 0 Å². The maximum Gasteiger partial charge on any atom is 0.238 e. The molecule has 0 bridgehead atoms. The number of benzene rings is 6. The molecule has 0 radical (unpaired) electrons. The Balaban J connectivity index is 1.29. The maximum atomic E-state index is 6.30. The summed E-state index contributed by atoms with van der Waals surface area (Å²) < 4.78 is 10.7. The molecule has 0 aliphatic heterocycles. The molecule has 0 unspecified atom stereocenters. The average Bonchev–Trinajstić information content (AvgIpc) is 3.83. The molecular weight excluding hydrogens is 599 g/mol. The van der Waals surface area contributed by atoms with E-state index in [4.69, 9.17) is 24.4 Å². The molecule has 0 N–H and O–H groups in total. The van der Waals surface area contributed by atoms with Crippen LogP contribution in [0.4, 0.5) is 0 Å². The van der Waals surface area contributed by atoms with E-state index in [9.17, 15) is 0 Å². The number of nitrogens with zero attached hydrogens (tertiary/aromatic N) is 5. The van der Waals surface area contributed by atoms with E-state index in [-0.39, 0.29) is 0 Å². The van der Waals surface area contributed by atoms with Gasteiger partial charge < -0.3 is 4.42 Å². The van der Waals surface area contributed by atoms with Crippen LogP contribution < -0.4 is 0 Å². The SMILES string of the molecule is c1ccc(-c2nc(-c3cccc4sc5cccc(-c6nc7ccccc7o6)c5c34)nc(-n3c4ccccc4c4ccccc43)n2)cc1. The molecular formula is C40H23N5OS. The van der Waals surface area contributed by atoms with Crippen molar-refractivity contribution in [3.63, 3.8) is 0 Å². The first kappa shape index (κ1) is 26.1. The second kappa shape index (κ2) is 10.2. The lowest BCUT2D eigenvalue weighted by atomic mass is 10.0. The molecule has 4 heterocycles. The van der Waals surface area contributed by atoms with Crippen molar-refractivity contribution in [3.05, 3.63) is 140 Å². The molecule has 0 saturated carbocycles. The molecule has 0 spiro atoms. The maximum absolute atomic E-state index is 6.30. The Kier molecular flexibility index (Phi) is 5.64. The molecule has 47 heavy (non-hydrogen) atoms. The highest BCUT2D eigenvalue weighted by atomic mass is 32.1. The van der Waals surface area contributed by atoms with Crippen LogP contribution >= 0.6 is 11.3 Å². The van der Waals surface area contributed by atoms with Crippen LogP contribution in [0.2, 0.25) is 0 Å². The van der Waals surface area contributed by atoms with Crippen LogP contribution in [-0.2, 0) is 0 Å². The van der Waals surface area contributed by atoms with Gasteiger partial charge in [0.05, 0.1) is 11.0 Å². The fourth-order valence-electron chi connectivity index (χ4n) is 6.66. The van der Waals surface area contributed by atoms with Crippen molar-refractivity contribution in [2.24, 2.45) is 0 Å². The molecule has 0 aliphatic rings. The zero-order chi connectivity index (χ0) is 30.9. The second-order valence-corrected chi connectivity index (χ2v) is 12.5. The first-order valence-corrected chi connectivity index (χ1v) is 16.2. The van der Waals surface area contributed by atoms with E-state index in [1.54, 1.807) is 11.3 Å². The van der Waals surface area contributed by atoms with E-state index in [1.165, 1.54) is 0 Å². The molecule has 220 valence electrons. The number of oxazole rings is 1. The summed E-state index contributed by atoms with van der Waals surface area (Å²) >= 11 is 1.75. The largest absolute Gasteiger partial charge is 0.436 e. The molecule has 0 amide bonds. The molecule has 10 rings (SSSR count). The molecule has 4 aromatic heterocycles. The van der Waals surface area contributed by atoms with E-state index in [0.29, 0.717) is 23.5 Å². The third-order valence-corrected chi connectivity index (χ3v) is 9.84. The summed E-state index contributed by atoms with van der Waals surface area (Å²) in [6.45, 7) is 0. The smallest absolute Gasteiger partial charge is 0.238 e. The van der Waals surface area contributed by atoms with E-state index in [2.05, 4.69) is 89.5 Å². The minimum atomic E-state index is 0.571. The van der Waals surface area contributed by atoms with Gasteiger partial charge in [-0.25, -0.2) is 9.97 Å². The Hall–Kier alpha value is -6.18. The summed E-state index contributed by atoms with van der Waals surface area (Å²) in [5.74, 6) is 2.39. The average molecular weight is 622 g/mol. The van der Waals surface area contributed by atoms with Gasteiger partial charge in [0.25, 0.3) is 0 Å². The van der Waals surface area contributed by atoms with Crippen LogP contribution in [0.3, 0.4) is 0 Å². The van der Waals surface area contributed by atoms with E-state index < -0.39 is 0 Å². The minimum absolute atomic E-state index is 0.571. The summed E-state index contributed by atoms with van der Waals surface area (Å²) in [4.78, 5) is 20.4. The zero-order valence-corrected chi connectivity index (χ0v) is 25.6. The lowest BCUT2D eigenvalue weighted by molar-refractivity contribution is 0.620. The Morgan fingerprint density at radius 2 is 1.11 bits per heavy atom. The molecule has 6 nitrogen and oxygen atoms in total. The number of fused-ring (bicyclic) bond motifs is 7. The van der Waals surface area contributed by atoms with Gasteiger partial charge in [0.2, 0.25) is 11.8 Å². The standard InChI is InChI=1S/C40H23N5OS/c1-2-12-24(13-3-1)37-42-38(44-40(43-37)45-30-19-7-4-14-25(30)26-15-5-8-20-31(26)45)27-16-10-22-33-35(27)36-28(17-11-23-34(36)47-33)39-41-29-18-6-9-21-32(29)46-39/h1-23H. The predicted octanol–water partition coefficient (Wildman–Crippen LogP) is 10.5. The van der Waals surface area contributed by atoms with Crippen LogP contribution in [0.1, 0.15) is 0 Å². The molecule has 6 aromatic carbocycles. The van der Waals surface area contributed by atoms with Gasteiger partial charge in [-0.15, -0.1) is 11.3 Å². The fraction of sp³-hybridized carbons (Fsp3) is 0. The monoisotopic (exact) mass is 621 g/mol. The van der Waals surface area contributed by atoms with Gasteiger partial charge in [0.1, 0.15) is 5.52 Å². The van der Waals surface area contributed by atoms with E-state index >= 15 is 0 Å². The normalized spacial score (nSPS) is 11.8. The molecule has 0 saturated heterocycles. The van der Waals surface area contributed by atoms with Crippen molar-refractivity contribution in [1.82, 2.24) is 24.5 Å². The Labute approximate surface area is 272 Å². The van der Waals surface area contributed by atoms with E-state index in [0.717, 1.165) is 69.8 Å². The zero-order valence-electron chi connectivity index (χ0n) is 24.8. The lowest BCUT2D eigenvalue weighted by Gasteiger charge is -2.12. The Morgan fingerprint density at radius 3 is 1.85 bits per heavy atom. The third kappa shape index (κ3) is 4.03. The van der Waals surface area contributed by atoms with Crippen LogP contribution in [0.25, 0.3) is 93.3 Å². The highest BCUT2D eigenvalue weighted by molar-refractivity contribution is 7.26. The third-order valence-electron chi connectivity index (χ3n) is 8.72. The summed E-state index contributed by atoms with van der Waals surface area (Å²) in [6, 6.07) is 47.5. The van der Waals surface area contributed by atoms with E-state index in [1.807, 2.05) is 54.6 Å².